The van der Waals surface area contributed by atoms with Crippen LogP contribution < -0.4 is 10.9 Å². The van der Waals surface area contributed by atoms with Crippen molar-refractivity contribution in [3.05, 3.63) is 57.6 Å². The van der Waals surface area contributed by atoms with Gasteiger partial charge < -0.3 is 10.1 Å². The van der Waals surface area contributed by atoms with E-state index in [4.69, 9.17) is 4.74 Å². The van der Waals surface area contributed by atoms with Crippen molar-refractivity contribution in [3.63, 3.8) is 0 Å². The Morgan fingerprint density at radius 1 is 0.905 bits per heavy atom. The van der Waals surface area contributed by atoms with E-state index in [1.807, 2.05) is 31.2 Å². The summed E-state index contributed by atoms with van der Waals surface area (Å²) in [5.41, 5.74) is 2.58. The molecule has 2 aromatic rings. The maximum atomic E-state index is 13.5. The Bertz CT molecular complexity index is 1260. The van der Waals surface area contributed by atoms with Crippen LogP contribution in [0.4, 0.5) is 5.82 Å². The third-order valence-corrected chi connectivity index (χ3v) is 8.23. The van der Waals surface area contributed by atoms with Crippen LogP contribution in [0.1, 0.15) is 128 Å². The molecule has 7 nitrogen and oxygen atoms in total. The second kappa shape index (κ2) is 17.7. The summed E-state index contributed by atoms with van der Waals surface area (Å²) in [6.45, 7) is 8.60. The average Bonchev–Trinajstić information content (AvgIpc) is 3.35. The van der Waals surface area contributed by atoms with Crippen LogP contribution in [0.2, 0.25) is 0 Å². The Labute approximate surface area is 252 Å². The zero-order chi connectivity index (χ0) is 30.3. The molecule has 1 aliphatic heterocycles. The SMILES string of the molecule is CCCCCCCCCC(CCCCCCC)C(=O)Nc1cc(=O)n2c(n1)C(C(=O)OCC)=C(c1ccccc1C)C2. The topological polar surface area (TPSA) is 90.3 Å². The minimum absolute atomic E-state index is 0.0906. The van der Waals surface area contributed by atoms with Crippen LogP contribution in [0.15, 0.2) is 35.1 Å². The normalized spacial score (nSPS) is 13.2. The minimum atomic E-state index is -0.513. The van der Waals surface area contributed by atoms with Crippen molar-refractivity contribution >= 4 is 28.8 Å². The van der Waals surface area contributed by atoms with Gasteiger partial charge in [-0.3, -0.25) is 14.2 Å². The minimum Gasteiger partial charge on any atom is -0.462 e. The highest BCUT2D eigenvalue weighted by Gasteiger charge is 2.32. The molecular weight excluding hydrogens is 526 g/mol. The van der Waals surface area contributed by atoms with Gasteiger partial charge in [0, 0.05) is 12.0 Å². The number of unbranched alkanes of at least 4 members (excludes halogenated alkanes) is 10. The van der Waals surface area contributed by atoms with E-state index in [-0.39, 0.29) is 47.8 Å². The fraction of sp³-hybridized carbons (Fsp3) is 0.600. The van der Waals surface area contributed by atoms with E-state index in [1.54, 1.807) is 6.92 Å². The lowest BCUT2D eigenvalue weighted by Gasteiger charge is -2.17. The Morgan fingerprint density at radius 3 is 2.10 bits per heavy atom. The summed E-state index contributed by atoms with van der Waals surface area (Å²) in [7, 11) is 0. The number of aromatic nitrogens is 2. The number of rotatable bonds is 19. The van der Waals surface area contributed by atoms with E-state index in [1.165, 1.54) is 62.0 Å². The number of nitrogens with zero attached hydrogens (tertiary/aromatic N) is 2. The number of carbonyl (C=O) groups excluding carboxylic acids is 2. The number of amides is 1. The van der Waals surface area contributed by atoms with Crippen molar-refractivity contribution in [3.8, 4) is 0 Å². The molecule has 0 saturated heterocycles. The van der Waals surface area contributed by atoms with E-state index in [0.29, 0.717) is 5.57 Å². The molecule has 2 heterocycles. The number of anilines is 1. The van der Waals surface area contributed by atoms with Crippen LogP contribution in [0.25, 0.3) is 11.1 Å². The summed E-state index contributed by atoms with van der Waals surface area (Å²) < 4.78 is 6.89. The number of benzene rings is 1. The van der Waals surface area contributed by atoms with Crippen LogP contribution in [0, 0.1) is 12.8 Å². The molecule has 0 spiro atoms. The van der Waals surface area contributed by atoms with Gasteiger partial charge >= 0.3 is 5.97 Å². The molecule has 0 aliphatic carbocycles. The molecule has 0 saturated carbocycles. The summed E-state index contributed by atoms with van der Waals surface area (Å²) >= 11 is 0. The maximum absolute atomic E-state index is 13.5. The number of allylic oxidation sites excluding steroid dienone is 1. The number of aryl methyl sites for hydroxylation is 1. The summed E-state index contributed by atoms with van der Waals surface area (Å²) in [6, 6.07) is 9.14. The van der Waals surface area contributed by atoms with Gasteiger partial charge in [0.15, 0.2) is 5.82 Å². The molecule has 1 aromatic heterocycles. The van der Waals surface area contributed by atoms with Gasteiger partial charge in [0.2, 0.25) is 5.91 Å². The molecule has 0 bridgehead atoms. The predicted octanol–water partition coefficient (Wildman–Crippen LogP) is 8.10. The lowest BCUT2D eigenvalue weighted by molar-refractivity contribution is -0.136. The monoisotopic (exact) mass is 577 g/mol. The average molecular weight is 578 g/mol. The second-order valence-corrected chi connectivity index (χ2v) is 11.6. The highest BCUT2D eigenvalue weighted by molar-refractivity contribution is 6.25. The Balaban J connectivity index is 1.80. The number of ether oxygens (including phenoxy) is 1. The van der Waals surface area contributed by atoms with Crippen LogP contribution in [-0.2, 0) is 20.9 Å². The van der Waals surface area contributed by atoms with Gasteiger partial charge in [-0.2, -0.15) is 0 Å². The van der Waals surface area contributed by atoms with Crippen LogP contribution in [-0.4, -0.2) is 28.0 Å². The molecule has 1 atom stereocenters. The zero-order valence-electron chi connectivity index (χ0n) is 26.3. The van der Waals surface area contributed by atoms with Crippen LogP contribution >= 0.6 is 0 Å². The van der Waals surface area contributed by atoms with E-state index in [2.05, 4.69) is 24.1 Å². The lowest BCUT2D eigenvalue weighted by atomic mass is 9.93. The van der Waals surface area contributed by atoms with Gasteiger partial charge in [0.1, 0.15) is 11.4 Å². The highest BCUT2D eigenvalue weighted by atomic mass is 16.5. The number of hydrogen-bond donors (Lipinski definition) is 1. The van der Waals surface area contributed by atoms with Gasteiger partial charge in [-0.15, -0.1) is 0 Å². The first-order valence-corrected chi connectivity index (χ1v) is 16.3. The summed E-state index contributed by atoms with van der Waals surface area (Å²) in [6.07, 6.45) is 15.9. The second-order valence-electron chi connectivity index (χ2n) is 11.6. The predicted molar refractivity (Wildman–Crippen MR) is 171 cm³/mol. The number of nitrogens with one attached hydrogen (secondary N) is 1. The molecule has 230 valence electrons. The summed E-state index contributed by atoms with van der Waals surface area (Å²) in [5, 5.41) is 2.95. The molecule has 1 amide bonds. The fourth-order valence-electron chi connectivity index (χ4n) is 5.81. The van der Waals surface area contributed by atoms with Crippen molar-refractivity contribution in [2.75, 3.05) is 11.9 Å². The van der Waals surface area contributed by atoms with Crippen molar-refractivity contribution in [1.82, 2.24) is 9.55 Å². The van der Waals surface area contributed by atoms with Gasteiger partial charge in [0.05, 0.1) is 13.2 Å². The smallest absolute Gasteiger partial charge is 0.342 e. The van der Waals surface area contributed by atoms with Crippen molar-refractivity contribution in [1.29, 1.82) is 0 Å². The van der Waals surface area contributed by atoms with Gasteiger partial charge in [-0.1, -0.05) is 115 Å². The molecule has 1 N–H and O–H groups in total. The van der Waals surface area contributed by atoms with Crippen LogP contribution in [0.5, 0.6) is 0 Å². The molecule has 1 aliphatic rings. The first-order valence-electron chi connectivity index (χ1n) is 16.3. The van der Waals surface area contributed by atoms with E-state index in [0.717, 1.165) is 49.7 Å². The Morgan fingerprint density at radius 2 is 1.50 bits per heavy atom. The van der Waals surface area contributed by atoms with E-state index >= 15 is 0 Å². The van der Waals surface area contributed by atoms with Crippen LogP contribution in [0.3, 0.4) is 0 Å². The molecule has 0 fully saturated rings. The Hall–Kier alpha value is -3.22. The zero-order valence-corrected chi connectivity index (χ0v) is 26.3. The maximum Gasteiger partial charge on any atom is 0.342 e. The summed E-state index contributed by atoms with van der Waals surface area (Å²) in [5.74, 6) is -0.284. The highest BCUT2D eigenvalue weighted by Crippen LogP contribution is 2.35. The van der Waals surface area contributed by atoms with Gasteiger partial charge in [-0.25, -0.2) is 9.78 Å². The first-order chi connectivity index (χ1) is 20.4. The Kier molecular flexibility index (Phi) is 14.0. The third kappa shape index (κ3) is 9.40. The first kappa shape index (κ1) is 33.3. The van der Waals surface area contributed by atoms with Gasteiger partial charge in [-0.05, 0) is 43.4 Å². The largest absolute Gasteiger partial charge is 0.462 e. The number of fused-ring (bicyclic) bond motifs is 1. The molecule has 0 radical (unpaired) electrons. The van der Waals surface area contributed by atoms with E-state index < -0.39 is 5.97 Å². The molecular formula is C35H51N3O4. The summed E-state index contributed by atoms with van der Waals surface area (Å²) in [4.78, 5) is 44.6. The van der Waals surface area contributed by atoms with E-state index in [9.17, 15) is 14.4 Å². The molecule has 3 rings (SSSR count). The quantitative estimate of drug-likeness (QED) is 0.135. The lowest BCUT2D eigenvalue weighted by Crippen LogP contribution is -2.27. The molecule has 1 aromatic carbocycles. The standard InChI is InChI=1S/C35H51N3O4/c1-5-8-10-12-13-15-17-22-27(21-16-14-11-9-6-2)34(40)37-30-24-31(39)38-25-29(28-23-19-18-20-26(28)4)32(33(38)36-30)35(41)42-7-3/h18-20,23-24,27H,5-17,21-22,25H2,1-4H3,(H,37,40). The van der Waals surface area contributed by atoms with Crippen molar-refractivity contribution < 1.29 is 14.3 Å². The molecule has 42 heavy (non-hydrogen) atoms. The fourth-order valence-corrected chi connectivity index (χ4v) is 5.81. The molecule has 7 heteroatoms. The van der Waals surface area contributed by atoms with Gasteiger partial charge in [0.25, 0.3) is 5.56 Å². The number of carbonyl (C=O) groups is 2. The number of esters is 1. The number of hydrogen-bond acceptors (Lipinski definition) is 5. The van der Waals surface area contributed by atoms with Crippen molar-refractivity contribution in [2.45, 2.75) is 124 Å². The third-order valence-electron chi connectivity index (χ3n) is 8.23. The van der Waals surface area contributed by atoms with Crippen molar-refractivity contribution in [2.24, 2.45) is 5.92 Å². The molecule has 1 unspecified atom stereocenters.